The molecule has 0 radical (unpaired) electrons. The van der Waals surface area contributed by atoms with Crippen LogP contribution in [-0.2, 0) is 6.54 Å². The van der Waals surface area contributed by atoms with Gasteiger partial charge in [0.15, 0.2) is 0 Å². The summed E-state index contributed by atoms with van der Waals surface area (Å²) in [5.41, 5.74) is 7.96. The number of urea groups is 1. The Labute approximate surface area is 175 Å². The fourth-order valence-corrected chi connectivity index (χ4v) is 4.43. The van der Waals surface area contributed by atoms with Crippen LogP contribution in [0.4, 0.5) is 4.79 Å². The van der Waals surface area contributed by atoms with Crippen LogP contribution in [0, 0.1) is 5.92 Å². The third kappa shape index (κ3) is 5.26. The highest BCUT2D eigenvalue weighted by molar-refractivity contribution is 9.10. The SMILES string of the molecule is COc1ccc(Br)cc1CNCCC1CCN(C(N)=O)CC1c1ccccc1. The zero-order valence-corrected chi connectivity index (χ0v) is 17.8. The van der Waals surface area contributed by atoms with Gasteiger partial charge in [0.25, 0.3) is 0 Å². The molecule has 1 fully saturated rings. The summed E-state index contributed by atoms with van der Waals surface area (Å²) in [6.07, 6.45) is 2.03. The topological polar surface area (TPSA) is 67.6 Å². The van der Waals surface area contributed by atoms with Crippen molar-refractivity contribution in [2.24, 2.45) is 11.7 Å². The van der Waals surface area contributed by atoms with E-state index in [9.17, 15) is 4.79 Å². The van der Waals surface area contributed by atoms with E-state index in [0.717, 1.165) is 48.3 Å². The van der Waals surface area contributed by atoms with Crippen LogP contribution < -0.4 is 15.8 Å². The lowest BCUT2D eigenvalue weighted by atomic mass is 9.79. The molecule has 3 N–H and O–H groups in total. The van der Waals surface area contributed by atoms with E-state index >= 15 is 0 Å². The largest absolute Gasteiger partial charge is 0.496 e. The highest BCUT2D eigenvalue weighted by Crippen LogP contribution is 2.34. The molecule has 0 saturated carbocycles. The average Bonchev–Trinajstić information content (AvgIpc) is 2.72. The van der Waals surface area contributed by atoms with Gasteiger partial charge in [-0.2, -0.15) is 0 Å². The lowest BCUT2D eigenvalue weighted by molar-refractivity contribution is 0.160. The number of piperidine rings is 1. The van der Waals surface area contributed by atoms with E-state index in [-0.39, 0.29) is 6.03 Å². The first-order valence-electron chi connectivity index (χ1n) is 9.71. The molecule has 150 valence electrons. The van der Waals surface area contributed by atoms with Gasteiger partial charge in [-0.25, -0.2) is 4.79 Å². The van der Waals surface area contributed by atoms with Gasteiger partial charge in [0.1, 0.15) is 5.75 Å². The van der Waals surface area contributed by atoms with Crippen molar-refractivity contribution in [2.45, 2.75) is 25.3 Å². The molecule has 2 aromatic rings. The lowest BCUT2D eigenvalue weighted by Crippen LogP contribution is -2.45. The first-order valence-corrected chi connectivity index (χ1v) is 10.5. The fourth-order valence-electron chi connectivity index (χ4n) is 4.02. The minimum Gasteiger partial charge on any atom is -0.496 e. The zero-order chi connectivity index (χ0) is 19.9. The van der Waals surface area contributed by atoms with Crippen molar-refractivity contribution in [3.63, 3.8) is 0 Å². The van der Waals surface area contributed by atoms with Crippen LogP contribution in [0.15, 0.2) is 53.0 Å². The number of hydrogen-bond donors (Lipinski definition) is 2. The number of nitrogens with zero attached hydrogens (tertiary/aromatic N) is 1. The van der Waals surface area contributed by atoms with Crippen LogP contribution in [0.5, 0.6) is 5.75 Å². The van der Waals surface area contributed by atoms with Gasteiger partial charge >= 0.3 is 6.03 Å². The fraction of sp³-hybridized carbons (Fsp3) is 0.409. The Balaban J connectivity index is 1.59. The minimum atomic E-state index is -0.320. The maximum atomic E-state index is 11.7. The molecule has 0 aromatic heterocycles. The standard InChI is InChI=1S/C22H28BrN3O2/c1-28-21-8-7-19(23)13-18(21)14-25-11-9-17-10-12-26(22(24)27)15-20(17)16-5-3-2-4-6-16/h2-8,13,17,20,25H,9-12,14-15H2,1H3,(H2,24,27). The van der Waals surface area contributed by atoms with Crippen LogP contribution in [-0.4, -0.2) is 37.7 Å². The smallest absolute Gasteiger partial charge is 0.314 e. The maximum Gasteiger partial charge on any atom is 0.314 e. The summed E-state index contributed by atoms with van der Waals surface area (Å²) in [6.45, 7) is 3.12. The maximum absolute atomic E-state index is 11.7. The van der Waals surface area contributed by atoms with Gasteiger partial charge < -0.3 is 20.7 Å². The zero-order valence-electron chi connectivity index (χ0n) is 16.2. The van der Waals surface area contributed by atoms with Gasteiger partial charge in [0.05, 0.1) is 7.11 Å². The van der Waals surface area contributed by atoms with E-state index in [1.807, 2.05) is 18.2 Å². The van der Waals surface area contributed by atoms with Crippen LogP contribution in [0.1, 0.15) is 29.9 Å². The van der Waals surface area contributed by atoms with Gasteiger partial charge in [-0.05, 0) is 49.1 Å². The summed E-state index contributed by atoms with van der Waals surface area (Å²) in [5, 5.41) is 3.55. The van der Waals surface area contributed by atoms with Crippen molar-refractivity contribution >= 4 is 22.0 Å². The Bertz CT molecular complexity index is 785. The van der Waals surface area contributed by atoms with Crippen molar-refractivity contribution < 1.29 is 9.53 Å². The van der Waals surface area contributed by atoms with Crippen LogP contribution in [0.25, 0.3) is 0 Å². The molecule has 0 spiro atoms. The summed E-state index contributed by atoms with van der Waals surface area (Å²) < 4.78 is 6.50. The molecule has 2 atom stereocenters. The molecule has 1 aliphatic rings. The number of carbonyl (C=O) groups is 1. The number of hydrogen-bond acceptors (Lipinski definition) is 3. The Kier molecular flexibility index (Phi) is 7.34. The molecular formula is C22H28BrN3O2. The number of ether oxygens (including phenoxy) is 1. The first kappa shape index (κ1) is 20.7. The minimum absolute atomic E-state index is 0.320. The molecule has 1 heterocycles. The summed E-state index contributed by atoms with van der Waals surface area (Å²) in [7, 11) is 1.70. The van der Waals surface area contributed by atoms with Gasteiger partial charge in [-0.15, -0.1) is 0 Å². The number of methoxy groups -OCH3 is 1. The van der Waals surface area contributed by atoms with Crippen molar-refractivity contribution in [2.75, 3.05) is 26.7 Å². The Morgan fingerprint density at radius 1 is 1.29 bits per heavy atom. The molecule has 28 heavy (non-hydrogen) atoms. The molecule has 5 nitrogen and oxygen atoms in total. The number of rotatable bonds is 7. The van der Waals surface area contributed by atoms with Gasteiger partial charge in [-0.3, -0.25) is 0 Å². The van der Waals surface area contributed by atoms with E-state index in [2.05, 4.69) is 51.6 Å². The van der Waals surface area contributed by atoms with E-state index in [0.29, 0.717) is 18.4 Å². The van der Waals surface area contributed by atoms with Crippen LogP contribution >= 0.6 is 15.9 Å². The third-order valence-corrected chi connectivity index (χ3v) is 6.04. The van der Waals surface area contributed by atoms with Crippen molar-refractivity contribution in [3.8, 4) is 5.75 Å². The number of halogens is 1. The molecule has 2 amide bonds. The normalized spacial score (nSPS) is 19.4. The molecular weight excluding hydrogens is 418 g/mol. The molecule has 2 aromatic carbocycles. The first-order chi connectivity index (χ1) is 13.6. The summed E-state index contributed by atoms with van der Waals surface area (Å²) >= 11 is 3.52. The van der Waals surface area contributed by atoms with Crippen molar-refractivity contribution in [1.82, 2.24) is 10.2 Å². The summed E-state index contributed by atoms with van der Waals surface area (Å²) in [6, 6.07) is 16.2. The Morgan fingerprint density at radius 2 is 2.07 bits per heavy atom. The van der Waals surface area contributed by atoms with E-state index in [1.165, 1.54) is 5.56 Å². The van der Waals surface area contributed by atoms with Crippen LogP contribution in [0.3, 0.4) is 0 Å². The monoisotopic (exact) mass is 445 g/mol. The second-order valence-electron chi connectivity index (χ2n) is 7.27. The number of nitrogens with one attached hydrogen (secondary N) is 1. The number of carbonyl (C=O) groups excluding carboxylic acids is 1. The lowest BCUT2D eigenvalue weighted by Gasteiger charge is -2.38. The van der Waals surface area contributed by atoms with E-state index in [1.54, 1.807) is 12.0 Å². The highest BCUT2D eigenvalue weighted by atomic mass is 79.9. The molecule has 6 heteroatoms. The molecule has 2 unspecified atom stereocenters. The van der Waals surface area contributed by atoms with Crippen molar-refractivity contribution in [3.05, 3.63) is 64.1 Å². The second-order valence-corrected chi connectivity index (χ2v) is 8.19. The summed E-state index contributed by atoms with van der Waals surface area (Å²) in [5.74, 6) is 1.74. The molecule has 3 rings (SSSR count). The van der Waals surface area contributed by atoms with Crippen LogP contribution in [0.2, 0.25) is 0 Å². The number of benzene rings is 2. The molecule has 1 aliphatic heterocycles. The number of nitrogens with two attached hydrogens (primary N) is 1. The van der Waals surface area contributed by atoms with Gasteiger partial charge in [0, 0.05) is 35.6 Å². The number of primary amides is 1. The highest BCUT2D eigenvalue weighted by Gasteiger charge is 2.31. The number of amides is 2. The average molecular weight is 446 g/mol. The summed E-state index contributed by atoms with van der Waals surface area (Å²) in [4.78, 5) is 13.4. The predicted octanol–water partition coefficient (Wildman–Crippen LogP) is 4.12. The van der Waals surface area contributed by atoms with E-state index in [4.69, 9.17) is 10.5 Å². The predicted molar refractivity (Wildman–Crippen MR) is 115 cm³/mol. The molecule has 0 aliphatic carbocycles. The second kappa shape index (κ2) is 9.94. The van der Waals surface area contributed by atoms with Gasteiger partial charge in [-0.1, -0.05) is 46.3 Å². The molecule has 0 bridgehead atoms. The number of likely N-dealkylation sites (tertiary alicyclic amines) is 1. The van der Waals surface area contributed by atoms with Crippen molar-refractivity contribution in [1.29, 1.82) is 0 Å². The third-order valence-electron chi connectivity index (χ3n) is 5.55. The Hall–Kier alpha value is -2.05. The Morgan fingerprint density at radius 3 is 2.79 bits per heavy atom. The van der Waals surface area contributed by atoms with Gasteiger partial charge in [0.2, 0.25) is 0 Å². The molecule has 1 saturated heterocycles. The van der Waals surface area contributed by atoms with E-state index < -0.39 is 0 Å². The quantitative estimate of drug-likeness (QED) is 0.629.